The van der Waals surface area contributed by atoms with Gasteiger partial charge < -0.3 is 4.98 Å². The Morgan fingerprint density at radius 3 is 2.70 bits per heavy atom. The summed E-state index contributed by atoms with van der Waals surface area (Å²) in [6.45, 7) is 0. The van der Waals surface area contributed by atoms with Crippen LogP contribution in [0.1, 0.15) is 10.4 Å². The highest BCUT2D eigenvalue weighted by atomic mass is 32.2. The van der Waals surface area contributed by atoms with Crippen molar-refractivity contribution in [1.82, 2.24) is 15.0 Å². The summed E-state index contributed by atoms with van der Waals surface area (Å²) >= 11 is 0. The largest absolute Gasteiger partial charge is 0.324 e. The number of aromatic nitrogens is 3. The predicted octanol–water partition coefficient (Wildman–Crippen LogP) is 2.73. The Morgan fingerprint density at radius 1 is 1.07 bits per heavy atom. The number of sulfonamides is 1. The van der Waals surface area contributed by atoms with Gasteiger partial charge in [0.25, 0.3) is 5.91 Å². The highest BCUT2D eigenvalue weighted by Gasteiger charge is 2.11. The van der Waals surface area contributed by atoms with Gasteiger partial charge >= 0.3 is 0 Å². The molecular weight excluding hydrogens is 366 g/mol. The smallest absolute Gasteiger partial charge is 0.259 e. The molecule has 0 fully saturated rings. The number of nitrogens with one attached hydrogen (secondary N) is 3. The fourth-order valence-corrected chi connectivity index (χ4v) is 3.28. The van der Waals surface area contributed by atoms with Crippen LogP contribution in [-0.4, -0.2) is 35.5 Å². The molecular formula is C18H15N5O3S. The average Bonchev–Trinajstić information content (AvgIpc) is 3.01. The zero-order valence-corrected chi connectivity index (χ0v) is 15.0. The van der Waals surface area contributed by atoms with E-state index in [1.807, 2.05) is 24.3 Å². The zero-order chi connectivity index (χ0) is 19.0. The van der Waals surface area contributed by atoms with Crippen LogP contribution in [0.25, 0.3) is 21.9 Å². The van der Waals surface area contributed by atoms with Gasteiger partial charge in [-0.2, -0.15) is 0 Å². The van der Waals surface area contributed by atoms with Gasteiger partial charge in [-0.05, 0) is 30.3 Å². The Bertz CT molecular complexity index is 1280. The molecule has 0 saturated carbocycles. The molecule has 0 unspecified atom stereocenters. The fourth-order valence-electron chi connectivity index (χ4n) is 2.72. The molecule has 0 spiro atoms. The predicted molar refractivity (Wildman–Crippen MR) is 104 cm³/mol. The van der Waals surface area contributed by atoms with E-state index in [2.05, 4.69) is 25.0 Å². The number of fused-ring (bicyclic) bond motifs is 2. The Morgan fingerprint density at radius 2 is 1.89 bits per heavy atom. The van der Waals surface area contributed by atoms with Crippen molar-refractivity contribution >= 4 is 49.5 Å². The summed E-state index contributed by atoms with van der Waals surface area (Å²) < 4.78 is 25.1. The van der Waals surface area contributed by atoms with E-state index >= 15 is 0 Å². The lowest BCUT2D eigenvalue weighted by molar-refractivity contribution is 0.102. The van der Waals surface area contributed by atoms with Crippen molar-refractivity contribution in [1.29, 1.82) is 0 Å². The van der Waals surface area contributed by atoms with Crippen LogP contribution in [-0.2, 0) is 10.0 Å². The molecule has 9 heteroatoms. The minimum atomic E-state index is -3.37. The minimum Gasteiger partial charge on any atom is -0.324 e. The number of nitrogens with zero attached hydrogens (tertiary/aromatic N) is 2. The molecule has 1 amide bonds. The van der Waals surface area contributed by atoms with E-state index in [0.29, 0.717) is 22.3 Å². The molecule has 0 atom stereocenters. The average molecular weight is 381 g/mol. The van der Waals surface area contributed by atoms with Crippen molar-refractivity contribution in [3.05, 3.63) is 60.3 Å². The first kappa shape index (κ1) is 17.0. The quantitative estimate of drug-likeness (QED) is 0.502. The van der Waals surface area contributed by atoms with E-state index in [-0.39, 0.29) is 11.9 Å². The van der Waals surface area contributed by atoms with Gasteiger partial charge in [-0.1, -0.05) is 18.2 Å². The van der Waals surface area contributed by atoms with Crippen molar-refractivity contribution < 1.29 is 13.2 Å². The third-order valence-corrected chi connectivity index (χ3v) is 4.48. The summed E-state index contributed by atoms with van der Waals surface area (Å²) in [5, 5.41) is 3.56. The first-order valence-electron chi connectivity index (χ1n) is 8.01. The van der Waals surface area contributed by atoms with Gasteiger partial charge in [0.2, 0.25) is 16.0 Å². The number of rotatable bonds is 4. The van der Waals surface area contributed by atoms with Crippen LogP contribution >= 0.6 is 0 Å². The topological polar surface area (TPSA) is 117 Å². The molecule has 3 N–H and O–H groups in total. The fraction of sp³-hybridized carbons (Fsp3) is 0.0556. The number of aromatic amines is 1. The maximum Gasteiger partial charge on any atom is 0.259 e. The van der Waals surface area contributed by atoms with Crippen molar-refractivity contribution in [3.63, 3.8) is 0 Å². The van der Waals surface area contributed by atoms with E-state index in [4.69, 9.17) is 0 Å². The molecule has 4 aromatic rings. The molecule has 0 aliphatic heterocycles. The Balaban J connectivity index is 1.59. The lowest BCUT2D eigenvalue weighted by Crippen LogP contribution is -2.13. The van der Waals surface area contributed by atoms with Crippen molar-refractivity contribution in [2.75, 3.05) is 16.3 Å². The second-order valence-electron chi connectivity index (χ2n) is 6.06. The number of hydrogen-bond acceptors (Lipinski definition) is 5. The van der Waals surface area contributed by atoms with Gasteiger partial charge in [-0.3, -0.25) is 19.8 Å². The van der Waals surface area contributed by atoms with E-state index in [9.17, 15) is 13.2 Å². The Hall–Kier alpha value is -3.46. The summed E-state index contributed by atoms with van der Waals surface area (Å²) in [4.78, 5) is 24.0. The second kappa shape index (κ2) is 6.36. The lowest BCUT2D eigenvalue weighted by atomic mass is 10.1. The van der Waals surface area contributed by atoms with E-state index in [0.717, 1.165) is 17.2 Å². The molecule has 8 nitrogen and oxygen atoms in total. The van der Waals surface area contributed by atoms with E-state index in [1.54, 1.807) is 24.3 Å². The standard InChI is InChI=1S/C18H15N5O3S/c1-27(25,26)23-13-6-7-15-16(9-13)21-18(20-15)22-17(24)12-8-11-4-2-3-5-14(11)19-10-12/h2-10,23H,1H3,(H2,20,21,22,24). The number of hydrogen-bond donors (Lipinski definition) is 3. The zero-order valence-electron chi connectivity index (χ0n) is 14.2. The highest BCUT2D eigenvalue weighted by Crippen LogP contribution is 2.20. The molecule has 0 aliphatic rings. The lowest BCUT2D eigenvalue weighted by Gasteiger charge is -2.03. The number of imidazole rings is 1. The van der Waals surface area contributed by atoms with Gasteiger partial charge in [0, 0.05) is 11.6 Å². The summed E-state index contributed by atoms with van der Waals surface area (Å²) in [7, 11) is -3.37. The molecule has 0 aliphatic carbocycles. The van der Waals surface area contributed by atoms with Crippen LogP contribution < -0.4 is 10.0 Å². The SMILES string of the molecule is CS(=O)(=O)Nc1ccc2nc(NC(=O)c3cnc4ccccc4c3)[nH]c2c1. The number of benzene rings is 2. The van der Waals surface area contributed by atoms with E-state index in [1.165, 1.54) is 6.20 Å². The first-order chi connectivity index (χ1) is 12.9. The molecule has 136 valence electrons. The van der Waals surface area contributed by atoms with Gasteiger partial charge in [0.1, 0.15) is 0 Å². The van der Waals surface area contributed by atoms with Crippen LogP contribution in [0.4, 0.5) is 11.6 Å². The van der Waals surface area contributed by atoms with Crippen LogP contribution in [0, 0.1) is 0 Å². The molecule has 2 heterocycles. The van der Waals surface area contributed by atoms with Gasteiger partial charge in [-0.15, -0.1) is 0 Å². The van der Waals surface area contributed by atoms with Crippen LogP contribution in [0.2, 0.25) is 0 Å². The van der Waals surface area contributed by atoms with Gasteiger partial charge in [0.05, 0.1) is 34.1 Å². The third kappa shape index (κ3) is 3.72. The maximum absolute atomic E-state index is 12.5. The van der Waals surface area contributed by atoms with E-state index < -0.39 is 10.0 Å². The first-order valence-corrected chi connectivity index (χ1v) is 9.90. The summed E-state index contributed by atoms with van der Waals surface area (Å²) in [5.41, 5.74) is 2.82. The number of amides is 1. The molecule has 0 saturated heterocycles. The summed E-state index contributed by atoms with van der Waals surface area (Å²) in [6.07, 6.45) is 2.59. The second-order valence-corrected chi connectivity index (χ2v) is 7.81. The Kier molecular flexibility index (Phi) is 4.00. The third-order valence-electron chi connectivity index (χ3n) is 3.87. The number of pyridine rings is 1. The molecule has 4 rings (SSSR count). The minimum absolute atomic E-state index is 0.264. The molecule has 2 aromatic carbocycles. The van der Waals surface area contributed by atoms with Crippen molar-refractivity contribution in [3.8, 4) is 0 Å². The summed E-state index contributed by atoms with van der Waals surface area (Å²) in [5.74, 6) is -0.0820. The number of carbonyl (C=O) groups excluding carboxylic acids is 1. The van der Waals surface area contributed by atoms with Gasteiger partial charge in [0.15, 0.2) is 0 Å². The van der Waals surface area contributed by atoms with Crippen molar-refractivity contribution in [2.24, 2.45) is 0 Å². The molecule has 27 heavy (non-hydrogen) atoms. The monoisotopic (exact) mass is 381 g/mol. The Labute approximate surface area is 154 Å². The van der Waals surface area contributed by atoms with Crippen molar-refractivity contribution in [2.45, 2.75) is 0 Å². The number of para-hydroxylation sites is 1. The normalized spacial score (nSPS) is 11.6. The van der Waals surface area contributed by atoms with Crippen LogP contribution in [0.15, 0.2) is 54.7 Å². The van der Waals surface area contributed by atoms with Crippen LogP contribution in [0.3, 0.4) is 0 Å². The maximum atomic E-state index is 12.5. The number of carbonyl (C=O) groups is 1. The summed E-state index contributed by atoms with van der Waals surface area (Å²) in [6, 6.07) is 14.2. The number of H-pyrrole nitrogens is 1. The molecule has 0 radical (unpaired) electrons. The molecule has 0 bridgehead atoms. The van der Waals surface area contributed by atoms with Crippen LogP contribution in [0.5, 0.6) is 0 Å². The molecule has 2 aromatic heterocycles. The van der Waals surface area contributed by atoms with Gasteiger partial charge in [-0.25, -0.2) is 13.4 Å². The highest BCUT2D eigenvalue weighted by molar-refractivity contribution is 7.92. The number of anilines is 2.